The first-order valence-corrected chi connectivity index (χ1v) is 9.08. The highest BCUT2D eigenvalue weighted by atomic mass is 16.3. The summed E-state index contributed by atoms with van der Waals surface area (Å²) in [7, 11) is 0. The molecule has 3 N–H and O–H groups in total. The number of piperidine rings is 1. The molecule has 2 aliphatic rings. The number of pyridine rings is 1. The molecule has 2 fully saturated rings. The van der Waals surface area contributed by atoms with Gasteiger partial charge in [-0.25, -0.2) is 4.79 Å². The van der Waals surface area contributed by atoms with Crippen LogP contribution in [0.4, 0.5) is 10.5 Å². The minimum absolute atomic E-state index is 0.0621. The highest BCUT2D eigenvalue weighted by molar-refractivity contribution is 5.74. The summed E-state index contributed by atoms with van der Waals surface area (Å²) < 4.78 is 0. The summed E-state index contributed by atoms with van der Waals surface area (Å²) in [5.74, 6) is 0.544. The quantitative estimate of drug-likeness (QED) is 0.787. The lowest BCUT2D eigenvalue weighted by atomic mass is 9.93. The number of rotatable bonds is 4. The Kier molecular flexibility index (Phi) is 5.91. The average Bonchev–Trinajstić information content (AvgIpc) is 2.63. The Balaban J connectivity index is 1.34. The molecule has 2 amide bonds. The Bertz CT molecular complexity index is 509. The van der Waals surface area contributed by atoms with Gasteiger partial charge in [0.2, 0.25) is 0 Å². The molecule has 132 valence electrons. The lowest BCUT2D eigenvalue weighted by Gasteiger charge is -2.33. The molecule has 6 heteroatoms. The molecule has 0 unspecified atom stereocenters. The van der Waals surface area contributed by atoms with E-state index in [1.54, 1.807) is 0 Å². The zero-order chi connectivity index (χ0) is 16.8. The van der Waals surface area contributed by atoms with Crippen LogP contribution >= 0.6 is 0 Å². The van der Waals surface area contributed by atoms with E-state index >= 15 is 0 Å². The van der Waals surface area contributed by atoms with Crippen LogP contribution in [0.3, 0.4) is 0 Å². The van der Waals surface area contributed by atoms with Crippen LogP contribution in [0.2, 0.25) is 0 Å². The van der Waals surface area contributed by atoms with Gasteiger partial charge in [-0.2, -0.15) is 0 Å². The summed E-state index contributed by atoms with van der Waals surface area (Å²) in [6.45, 7) is 2.79. The van der Waals surface area contributed by atoms with Crippen molar-refractivity contribution < 1.29 is 9.90 Å². The van der Waals surface area contributed by atoms with Gasteiger partial charge in [0.05, 0.1) is 6.10 Å². The van der Waals surface area contributed by atoms with Crippen LogP contribution in [0.5, 0.6) is 0 Å². The summed E-state index contributed by atoms with van der Waals surface area (Å²) in [5.41, 5.74) is 1.23. The minimum atomic E-state index is -0.184. The number of nitrogens with one attached hydrogen (secondary N) is 2. The smallest absolute Gasteiger partial charge is 0.315 e. The highest BCUT2D eigenvalue weighted by Gasteiger charge is 2.22. The molecule has 3 rings (SSSR count). The number of nitrogens with zero attached hydrogens (tertiary/aromatic N) is 2. The van der Waals surface area contributed by atoms with E-state index in [9.17, 15) is 9.90 Å². The van der Waals surface area contributed by atoms with Crippen molar-refractivity contribution in [2.75, 3.05) is 24.5 Å². The molecule has 2 heterocycles. The Labute approximate surface area is 143 Å². The van der Waals surface area contributed by atoms with Gasteiger partial charge in [0.1, 0.15) is 0 Å². The second-order valence-electron chi connectivity index (χ2n) is 7.00. The maximum absolute atomic E-state index is 12.0. The number of aliphatic hydroxyl groups is 1. The molecule has 0 bridgehead atoms. The third-order valence-corrected chi connectivity index (χ3v) is 5.23. The number of amides is 2. The monoisotopic (exact) mass is 332 g/mol. The van der Waals surface area contributed by atoms with Crippen LogP contribution in [-0.2, 0) is 0 Å². The summed E-state index contributed by atoms with van der Waals surface area (Å²) in [6.07, 6.45) is 9.00. The largest absolute Gasteiger partial charge is 0.393 e. The molecule has 1 aliphatic carbocycles. The SMILES string of the molecule is O=C(NCC1CCN(c2ccncc2)CC1)NC1CCC(O)CC1. The zero-order valence-electron chi connectivity index (χ0n) is 14.2. The third-order valence-electron chi connectivity index (χ3n) is 5.23. The Hall–Kier alpha value is -1.82. The van der Waals surface area contributed by atoms with E-state index in [0.29, 0.717) is 5.92 Å². The summed E-state index contributed by atoms with van der Waals surface area (Å²) in [4.78, 5) is 18.5. The topological polar surface area (TPSA) is 77.5 Å². The van der Waals surface area contributed by atoms with Crippen molar-refractivity contribution in [3.8, 4) is 0 Å². The standard InChI is InChI=1S/C18H28N4O2/c23-17-3-1-15(2-4-17)21-18(24)20-13-14-7-11-22(12-8-14)16-5-9-19-10-6-16/h5-6,9-10,14-15,17,23H,1-4,7-8,11-13H2,(H2,20,21,24). The van der Waals surface area contributed by atoms with E-state index < -0.39 is 0 Å². The first kappa shape index (κ1) is 17.0. The molecule has 6 nitrogen and oxygen atoms in total. The summed E-state index contributed by atoms with van der Waals surface area (Å²) in [6, 6.07) is 4.25. The van der Waals surface area contributed by atoms with Crippen molar-refractivity contribution in [3.05, 3.63) is 24.5 Å². The number of carbonyl (C=O) groups is 1. The van der Waals surface area contributed by atoms with Gasteiger partial charge in [-0.3, -0.25) is 4.98 Å². The van der Waals surface area contributed by atoms with Crippen molar-refractivity contribution >= 4 is 11.7 Å². The molecule has 0 aromatic carbocycles. The Morgan fingerprint density at radius 2 is 1.79 bits per heavy atom. The molecule has 1 aliphatic heterocycles. The number of hydrogen-bond acceptors (Lipinski definition) is 4. The Morgan fingerprint density at radius 3 is 2.46 bits per heavy atom. The van der Waals surface area contributed by atoms with Gasteiger partial charge in [0.15, 0.2) is 0 Å². The number of urea groups is 1. The highest BCUT2D eigenvalue weighted by Crippen LogP contribution is 2.22. The maximum Gasteiger partial charge on any atom is 0.315 e. The van der Waals surface area contributed by atoms with Crippen molar-refractivity contribution in [2.24, 2.45) is 5.92 Å². The number of hydrogen-bond donors (Lipinski definition) is 3. The second kappa shape index (κ2) is 8.33. The van der Waals surface area contributed by atoms with Crippen molar-refractivity contribution in [1.82, 2.24) is 15.6 Å². The van der Waals surface area contributed by atoms with Crippen LogP contribution in [0.25, 0.3) is 0 Å². The van der Waals surface area contributed by atoms with E-state index in [1.165, 1.54) is 5.69 Å². The van der Waals surface area contributed by atoms with Gasteiger partial charge >= 0.3 is 6.03 Å². The Morgan fingerprint density at radius 1 is 1.12 bits per heavy atom. The molecule has 24 heavy (non-hydrogen) atoms. The minimum Gasteiger partial charge on any atom is -0.393 e. The molecular formula is C18H28N4O2. The molecule has 0 atom stereocenters. The second-order valence-corrected chi connectivity index (χ2v) is 7.00. The molecule has 1 saturated heterocycles. The van der Waals surface area contributed by atoms with E-state index in [-0.39, 0.29) is 18.2 Å². The number of aliphatic hydroxyl groups excluding tert-OH is 1. The van der Waals surface area contributed by atoms with Gasteiger partial charge < -0.3 is 20.6 Å². The molecular weight excluding hydrogens is 304 g/mol. The molecule has 0 spiro atoms. The van der Waals surface area contributed by atoms with Crippen molar-refractivity contribution in [3.63, 3.8) is 0 Å². The van der Waals surface area contributed by atoms with Gasteiger partial charge in [-0.05, 0) is 56.6 Å². The van der Waals surface area contributed by atoms with Crippen LogP contribution in [0, 0.1) is 5.92 Å². The molecule has 1 aromatic heterocycles. The van der Waals surface area contributed by atoms with Gasteiger partial charge in [0.25, 0.3) is 0 Å². The predicted octanol–water partition coefficient (Wildman–Crippen LogP) is 1.90. The zero-order valence-corrected chi connectivity index (χ0v) is 14.2. The van der Waals surface area contributed by atoms with Gasteiger partial charge in [-0.1, -0.05) is 0 Å². The number of carbonyl (C=O) groups excluding carboxylic acids is 1. The molecule has 1 saturated carbocycles. The number of aromatic nitrogens is 1. The lowest BCUT2D eigenvalue weighted by Crippen LogP contribution is -2.46. The fourth-order valence-corrected chi connectivity index (χ4v) is 3.64. The fourth-order valence-electron chi connectivity index (χ4n) is 3.64. The van der Waals surface area contributed by atoms with Gasteiger partial charge in [0, 0.05) is 43.8 Å². The summed E-state index contributed by atoms with van der Waals surface area (Å²) in [5, 5.41) is 15.6. The van der Waals surface area contributed by atoms with Crippen molar-refractivity contribution in [2.45, 2.75) is 50.7 Å². The first-order chi connectivity index (χ1) is 11.7. The van der Waals surface area contributed by atoms with E-state index in [4.69, 9.17) is 0 Å². The first-order valence-electron chi connectivity index (χ1n) is 9.08. The van der Waals surface area contributed by atoms with E-state index in [2.05, 4.69) is 20.5 Å². The van der Waals surface area contributed by atoms with E-state index in [0.717, 1.165) is 58.2 Å². The van der Waals surface area contributed by atoms with Crippen LogP contribution in [0.15, 0.2) is 24.5 Å². The average molecular weight is 332 g/mol. The van der Waals surface area contributed by atoms with Gasteiger partial charge in [-0.15, -0.1) is 0 Å². The van der Waals surface area contributed by atoms with Crippen LogP contribution < -0.4 is 15.5 Å². The van der Waals surface area contributed by atoms with E-state index in [1.807, 2.05) is 24.5 Å². The maximum atomic E-state index is 12.0. The predicted molar refractivity (Wildman–Crippen MR) is 94.0 cm³/mol. The fraction of sp³-hybridized carbons (Fsp3) is 0.667. The third kappa shape index (κ3) is 4.84. The normalized spacial score (nSPS) is 25.3. The van der Waals surface area contributed by atoms with Crippen LogP contribution in [-0.4, -0.2) is 47.9 Å². The molecule has 0 radical (unpaired) electrons. The van der Waals surface area contributed by atoms with Crippen molar-refractivity contribution in [1.29, 1.82) is 0 Å². The molecule has 1 aromatic rings. The lowest BCUT2D eigenvalue weighted by molar-refractivity contribution is 0.117. The van der Waals surface area contributed by atoms with Crippen LogP contribution in [0.1, 0.15) is 38.5 Å². The summed E-state index contributed by atoms with van der Waals surface area (Å²) >= 11 is 0. The number of anilines is 1.